The molecule has 17 heavy (non-hydrogen) atoms. The van der Waals surface area contributed by atoms with E-state index in [-0.39, 0.29) is 5.60 Å². The molecule has 0 aromatic heterocycles. The van der Waals surface area contributed by atoms with Gasteiger partial charge in [-0.2, -0.15) is 0 Å². The zero-order chi connectivity index (χ0) is 12.7. The lowest BCUT2D eigenvalue weighted by Gasteiger charge is -2.44. The molecule has 0 saturated heterocycles. The molecule has 0 aromatic carbocycles. The van der Waals surface area contributed by atoms with E-state index < -0.39 is 0 Å². The molecule has 0 spiro atoms. The average molecular weight is 243 g/mol. The molecule has 0 heterocycles. The lowest BCUT2D eigenvalue weighted by Crippen LogP contribution is -2.56. The summed E-state index contributed by atoms with van der Waals surface area (Å²) in [6.07, 6.45) is 4.83. The Bertz CT molecular complexity index is 200. The number of hydrogen-bond acceptors (Lipinski definition) is 3. The Morgan fingerprint density at radius 3 is 2.41 bits per heavy atom. The van der Waals surface area contributed by atoms with E-state index in [1.807, 2.05) is 14.0 Å². The third kappa shape index (κ3) is 3.94. The van der Waals surface area contributed by atoms with Gasteiger partial charge in [-0.3, -0.25) is 0 Å². The lowest BCUT2D eigenvalue weighted by molar-refractivity contribution is -0.0913. The number of nitrogens with one attached hydrogen (secondary N) is 1. The summed E-state index contributed by atoms with van der Waals surface area (Å²) in [5, 5.41) is 3.54. The Labute approximate surface area is 106 Å². The highest BCUT2D eigenvalue weighted by molar-refractivity contribution is 4.96. The maximum absolute atomic E-state index is 5.90. The van der Waals surface area contributed by atoms with E-state index in [0.29, 0.717) is 6.04 Å². The van der Waals surface area contributed by atoms with Gasteiger partial charge < -0.3 is 14.8 Å². The molecule has 0 aromatic rings. The van der Waals surface area contributed by atoms with Crippen molar-refractivity contribution in [3.63, 3.8) is 0 Å². The summed E-state index contributed by atoms with van der Waals surface area (Å²) in [6, 6.07) is 0.324. The van der Waals surface area contributed by atoms with Crippen LogP contribution < -0.4 is 5.32 Å². The van der Waals surface area contributed by atoms with Crippen molar-refractivity contribution in [1.82, 2.24) is 5.32 Å². The van der Waals surface area contributed by atoms with Crippen LogP contribution in [-0.4, -0.2) is 38.5 Å². The Balaban J connectivity index is 2.65. The van der Waals surface area contributed by atoms with Crippen LogP contribution in [-0.2, 0) is 9.47 Å². The number of rotatable bonds is 7. The largest absolute Gasteiger partial charge is 0.380 e. The van der Waals surface area contributed by atoms with Crippen LogP contribution in [0.25, 0.3) is 0 Å². The first-order valence-corrected chi connectivity index (χ1v) is 7.04. The molecule has 0 bridgehead atoms. The quantitative estimate of drug-likeness (QED) is 0.745. The topological polar surface area (TPSA) is 30.5 Å². The summed E-state index contributed by atoms with van der Waals surface area (Å²) >= 11 is 0. The SMILES string of the molecule is CCNC(COCC)C1(OC)CCC(C)CC1. The van der Waals surface area contributed by atoms with E-state index in [2.05, 4.69) is 19.2 Å². The Kier molecular flexibility index (Phi) is 6.45. The minimum absolute atomic E-state index is 0.0162. The molecule has 0 aliphatic heterocycles. The van der Waals surface area contributed by atoms with Gasteiger partial charge in [-0.05, 0) is 45.1 Å². The summed E-state index contributed by atoms with van der Waals surface area (Å²) in [5.74, 6) is 0.840. The molecule has 1 fully saturated rings. The monoisotopic (exact) mass is 243 g/mol. The zero-order valence-corrected chi connectivity index (χ0v) is 11.9. The van der Waals surface area contributed by atoms with Gasteiger partial charge in [0.1, 0.15) is 0 Å². The Morgan fingerprint density at radius 1 is 1.29 bits per heavy atom. The van der Waals surface area contributed by atoms with Crippen LogP contribution in [0.15, 0.2) is 0 Å². The summed E-state index contributed by atoms with van der Waals surface area (Å²) in [7, 11) is 1.85. The predicted molar refractivity (Wildman–Crippen MR) is 71.3 cm³/mol. The molecule has 1 saturated carbocycles. The van der Waals surface area contributed by atoms with Crippen molar-refractivity contribution in [2.24, 2.45) is 5.92 Å². The van der Waals surface area contributed by atoms with Gasteiger partial charge in [0, 0.05) is 13.7 Å². The molecule has 1 rings (SSSR count). The molecule has 1 aliphatic rings. The van der Waals surface area contributed by atoms with Gasteiger partial charge in [0.2, 0.25) is 0 Å². The second-order valence-electron chi connectivity index (χ2n) is 5.22. The molecule has 3 nitrogen and oxygen atoms in total. The standard InChI is InChI=1S/C14H29NO2/c1-5-15-13(11-17-6-2)14(16-4)9-7-12(3)8-10-14/h12-13,15H,5-11H2,1-4H3. The Hall–Kier alpha value is -0.120. The van der Waals surface area contributed by atoms with Gasteiger partial charge in [-0.15, -0.1) is 0 Å². The smallest absolute Gasteiger partial charge is 0.0853 e. The summed E-state index contributed by atoms with van der Waals surface area (Å²) < 4.78 is 11.5. The second kappa shape index (κ2) is 7.34. The fourth-order valence-corrected chi connectivity index (χ4v) is 2.82. The highest BCUT2D eigenvalue weighted by Crippen LogP contribution is 2.36. The summed E-state index contributed by atoms with van der Waals surface area (Å²) in [4.78, 5) is 0. The van der Waals surface area contributed by atoms with E-state index in [1.54, 1.807) is 0 Å². The normalized spacial score (nSPS) is 31.4. The summed E-state index contributed by atoms with van der Waals surface area (Å²) in [5.41, 5.74) is -0.0162. The molecule has 1 unspecified atom stereocenters. The number of ether oxygens (including phenoxy) is 2. The van der Waals surface area contributed by atoms with Crippen molar-refractivity contribution < 1.29 is 9.47 Å². The van der Waals surface area contributed by atoms with Crippen LogP contribution in [0.4, 0.5) is 0 Å². The number of hydrogen-bond donors (Lipinski definition) is 1. The zero-order valence-electron chi connectivity index (χ0n) is 11.9. The van der Waals surface area contributed by atoms with Crippen molar-refractivity contribution in [1.29, 1.82) is 0 Å². The third-order valence-corrected chi connectivity index (χ3v) is 4.10. The van der Waals surface area contributed by atoms with Crippen LogP contribution in [0.1, 0.15) is 46.5 Å². The van der Waals surface area contributed by atoms with Crippen LogP contribution >= 0.6 is 0 Å². The van der Waals surface area contributed by atoms with Crippen LogP contribution in [0, 0.1) is 5.92 Å². The van der Waals surface area contributed by atoms with Gasteiger partial charge >= 0.3 is 0 Å². The van der Waals surface area contributed by atoms with Gasteiger partial charge in [0.15, 0.2) is 0 Å². The van der Waals surface area contributed by atoms with E-state index in [1.165, 1.54) is 12.8 Å². The molecule has 1 aliphatic carbocycles. The van der Waals surface area contributed by atoms with E-state index in [0.717, 1.165) is 38.5 Å². The molecule has 0 amide bonds. The van der Waals surface area contributed by atoms with Gasteiger partial charge in [0.05, 0.1) is 18.2 Å². The van der Waals surface area contributed by atoms with E-state index in [4.69, 9.17) is 9.47 Å². The summed E-state index contributed by atoms with van der Waals surface area (Å²) in [6.45, 7) is 9.03. The van der Waals surface area contributed by atoms with E-state index >= 15 is 0 Å². The van der Waals surface area contributed by atoms with Crippen molar-refractivity contribution in [3.05, 3.63) is 0 Å². The van der Waals surface area contributed by atoms with E-state index in [9.17, 15) is 0 Å². The highest BCUT2D eigenvalue weighted by Gasteiger charge is 2.41. The maximum atomic E-state index is 5.90. The van der Waals surface area contributed by atoms with Crippen LogP contribution in [0.3, 0.4) is 0 Å². The molecule has 102 valence electrons. The highest BCUT2D eigenvalue weighted by atomic mass is 16.5. The van der Waals surface area contributed by atoms with Gasteiger partial charge in [0.25, 0.3) is 0 Å². The van der Waals surface area contributed by atoms with Crippen molar-refractivity contribution >= 4 is 0 Å². The van der Waals surface area contributed by atoms with Crippen LogP contribution in [0.5, 0.6) is 0 Å². The molecule has 1 atom stereocenters. The molecule has 3 heteroatoms. The third-order valence-electron chi connectivity index (χ3n) is 4.10. The minimum Gasteiger partial charge on any atom is -0.380 e. The molecular formula is C14H29NO2. The molecular weight excluding hydrogens is 214 g/mol. The van der Waals surface area contributed by atoms with Gasteiger partial charge in [-0.1, -0.05) is 13.8 Å². The van der Waals surface area contributed by atoms with Crippen molar-refractivity contribution in [2.75, 3.05) is 26.9 Å². The second-order valence-corrected chi connectivity index (χ2v) is 5.22. The van der Waals surface area contributed by atoms with Crippen LogP contribution in [0.2, 0.25) is 0 Å². The molecule has 1 N–H and O–H groups in total. The molecule has 0 radical (unpaired) electrons. The number of methoxy groups -OCH3 is 1. The fourth-order valence-electron chi connectivity index (χ4n) is 2.82. The number of likely N-dealkylation sites (N-methyl/N-ethyl adjacent to an activating group) is 1. The van der Waals surface area contributed by atoms with Gasteiger partial charge in [-0.25, -0.2) is 0 Å². The average Bonchev–Trinajstić information content (AvgIpc) is 2.36. The first-order chi connectivity index (χ1) is 8.18. The predicted octanol–water partition coefficient (Wildman–Crippen LogP) is 2.60. The fraction of sp³-hybridized carbons (Fsp3) is 1.00. The first-order valence-electron chi connectivity index (χ1n) is 7.04. The van der Waals surface area contributed by atoms with Crippen molar-refractivity contribution in [2.45, 2.75) is 58.1 Å². The first kappa shape index (κ1) is 14.9. The minimum atomic E-state index is -0.0162. The lowest BCUT2D eigenvalue weighted by atomic mass is 9.75. The van der Waals surface area contributed by atoms with Crippen molar-refractivity contribution in [3.8, 4) is 0 Å². The maximum Gasteiger partial charge on any atom is 0.0853 e. The Morgan fingerprint density at radius 2 is 1.94 bits per heavy atom.